The average Bonchev–Trinajstić information content (AvgIpc) is 2.60. The number of hydrogen-bond acceptors (Lipinski definition) is 1. The Morgan fingerprint density at radius 2 is 1.24 bits per heavy atom. The van der Waals surface area contributed by atoms with Gasteiger partial charge in [0.25, 0.3) is 0 Å². The van der Waals surface area contributed by atoms with Gasteiger partial charge in [0.15, 0.2) is 0 Å². The van der Waals surface area contributed by atoms with Crippen molar-refractivity contribution < 1.29 is 4.21 Å². The third-order valence-corrected chi connectivity index (χ3v) is 4.42. The van der Waals surface area contributed by atoms with Crippen molar-refractivity contribution in [1.82, 2.24) is 0 Å². The molecule has 4 heteroatoms. The topological polar surface area (TPSA) is 17.1 Å². The van der Waals surface area contributed by atoms with Gasteiger partial charge in [0, 0.05) is 20.1 Å². The zero-order valence-corrected chi connectivity index (χ0v) is 12.5. The Hall–Kier alpha value is -0.710. The molecule has 1 aliphatic carbocycles. The van der Waals surface area contributed by atoms with Crippen molar-refractivity contribution in [1.29, 1.82) is 0 Å². The van der Waals surface area contributed by atoms with Crippen molar-refractivity contribution in [2.24, 2.45) is 0 Å². The molecule has 2 aromatic carbocycles. The van der Waals surface area contributed by atoms with Gasteiger partial charge in [-0.3, -0.25) is 0 Å². The van der Waals surface area contributed by atoms with E-state index in [0.717, 1.165) is 36.1 Å². The third kappa shape index (κ3) is 1.75. The Balaban J connectivity index is 2.41. The maximum absolute atomic E-state index is 11.3. The van der Waals surface area contributed by atoms with Crippen LogP contribution < -0.4 is 0 Å². The van der Waals surface area contributed by atoms with Crippen LogP contribution in [0, 0.1) is 0 Å². The molecule has 3 rings (SSSR count). The molecular formula is C13H6Br2OS. The lowest BCUT2D eigenvalue weighted by Gasteiger charge is -2.00. The van der Waals surface area contributed by atoms with E-state index in [0.29, 0.717) is 11.3 Å². The van der Waals surface area contributed by atoms with Gasteiger partial charge in [-0.1, -0.05) is 44.0 Å². The maximum atomic E-state index is 11.3. The quantitative estimate of drug-likeness (QED) is 0.548. The van der Waals surface area contributed by atoms with Crippen molar-refractivity contribution in [3.8, 4) is 11.1 Å². The Bertz CT molecular complexity index is 634. The van der Waals surface area contributed by atoms with Crippen molar-refractivity contribution >= 4 is 48.0 Å². The molecule has 0 fully saturated rings. The standard InChI is InChI=1S/C13H6Br2OS/c14-7-1-3-9-10-4-2-8(15)6-12(10)13(17-16)11(9)5-7/h1-6H. The number of rotatable bonds is 0. The summed E-state index contributed by atoms with van der Waals surface area (Å²) in [6, 6.07) is 12.1. The first kappa shape index (κ1) is 11.4. The first-order valence-corrected chi connectivity index (χ1v) is 7.30. The number of benzene rings is 2. The van der Waals surface area contributed by atoms with E-state index in [1.807, 2.05) is 24.3 Å². The summed E-state index contributed by atoms with van der Waals surface area (Å²) < 4.78 is 13.3. The monoisotopic (exact) mass is 368 g/mol. The summed E-state index contributed by atoms with van der Waals surface area (Å²) in [6.45, 7) is 0. The van der Waals surface area contributed by atoms with Crippen LogP contribution in [0.2, 0.25) is 0 Å². The highest BCUT2D eigenvalue weighted by Gasteiger charge is 2.24. The van der Waals surface area contributed by atoms with Gasteiger partial charge in [-0.05, 0) is 35.4 Å². The molecule has 0 atom stereocenters. The molecule has 0 radical (unpaired) electrons. The molecule has 0 aliphatic heterocycles. The molecule has 0 heterocycles. The summed E-state index contributed by atoms with van der Waals surface area (Å²) in [5.74, 6) is 0. The van der Waals surface area contributed by atoms with Crippen molar-refractivity contribution in [2.45, 2.75) is 0 Å². The fraction of sp³-hybridized carbons (Fsp3) is 0. The van der Waals surface area contributed by atoms with Crippen LogP contribution >= 0.6 is 31.9 Å². The van der Waals surface area contributed by atoms with E-state index in [1.165, 1.54) is 0 Å². The second kappa shape index (κ2) is 4.19. The molecule has 0 spiro atoms. The van der Waals surface area contributed by atoms with E-state index in [4.69, 9.17) is 0 Å². The third-order valence-electron chi connectivity index (χ3n) is 2.83. The van der Waals surface area contributed by atoms with Crippen LogP contribution in [-0.2, 0) is 11.3 Å². The van der Waals surface area contributed by atoms with Crippen molar-refractivity contribution in [3.63, 3.8) is 0 Å². The van der Waals surface area contributed by atoms with Crippen molar-refractivity contribution in [3.05, 3.63) is 56.5 Å². The van der Waals surface area contributed by atoms with Crippen molar-refractivity contribution in [2.75, 3.05) is 0 Å². The molecular weight excluding hydrogens is 364 g/mol. The Kier molecular flexibility index (Phi) is 2.81. The van der Waals surface area contributed by atoms with E-state index < -0.39 is 0 Å². The largest absolute Gasteiger partial charge is 0.212 e. The van der Waals surface area contributed by atoms with Crippen LogP contribution in [0.5, 0.6) is 0 Å². The minimum Gasteiger partial charge on any atom is -0.212 e. The lowest BCUT2D eigenvalue weighted by molar-refractivity contribution is 0.701. The molecule has 0 saturated heterocycles. The van der Waals surface area contributed by atoms with Crippen LogP contribution in [0.4, 0.5) is 0 Å². The molecule has 0 saturated carbocycles. The first-order valence-electron chi connectivity index (χ1n) is 4.97. The predicted molar refractivity (Wildman–Crippen MR) is 78.6 cm³/mol. The zero-order valence-electron chi connectivity index (χ0n) is 8.54. The highest BCUT2D eigenvalue weighted by atomic mass is 79.9. The Morgan fingerprint density at radius 1 is 0.765 bits per heavy atom. The first-order chi connectivity index (χ1) is 8.20. The Morgan fingerprint density at radius 3 is 1.65 bits per heavy atom. The molecule has 1 nitrogen and oxygen atoms in total. The van der Waals surface area contributed by atoms with E-state index in [9.17, 15) is 4.21 Å². The number of fused-ring (bicyclic) bond motifs is 3. The van der Waals surface area contributed by atoms with Gasteiger partial charge in [0.2, 0.25) is 0 Å². The van der Waals surface area contributed by atoms with Crippen LogP contribution in [-0.4, -0.2) is 9.07 Å². The van der Waals surface area contributed by atoms with Gasteiger partial charge in [-0.15, -0.1) is 0 Å². The summed E-state index contributed by atoms with van der Waals surface area (Å²) in [6.07, 6.45) is 0. The predicted octanol–water partition coefficient (Wildman–Crippen LogP) is 3.97. The van der Waals surface area contributed by atoms with E-state index in [1.54, 1.807) is 0 Å². The van der Waals surface area contributed by atoms with E-state index in [2.05, 4.69) is 44.0 Å². The summed E-state index contributed by atoms with van der Waals surface area (Å²) in [7, 11) is 0. The van der Waals surface area contributed by atoms with Crippen LogP contribution in [0.15, 0.2) is 45.3 Å². The van der Waals surface area contributed by atoms with Crippen LogP contribution in [0.1, 0.15) is 11.1 Å². The van der Waals surface area contributed by atoms with E-state index >= 15 is 0 Å². The lowest BCUT2D eigenvalue weighted by Crippen LogP contribution is -1.96. The molecule has 1 aliphatic rings. The minimum atomic E-state index is 0.560. The highest BCUT2D eigenvalue weighted by molar-refractivity contribution is 9.10. The van der Waals surface area contributed by atoms with Gasteiger partial charge < -0.3 is 0 Å². The molecule has 0 aromatic heterocycles. The van der Waals surface area contributed by atoms with Crippen LogP contribution in [0.3, 0.4) is 0 Å². The molecule has 84 valence electrons. The Labute approximate surface area is 119 Å². The minimum absolute atomic E-state index is 0.560. The summed E-state index contributed by atoms with van der Waals surface area (Å²) >= 11 is 7.45. The molecule has 2 aromatic rings. The molecule has 0 bridgehead atoms. The normalized spacial score (nSPS) is 12.2. The number of hydrogen-bond donors (Lipinski definition) is 0. The second-order valence-electron chi connectivity index (χ2n) is 3.79. The molecule has 17 heavy (non-hydrogen) atoms. The molecule has 0 unspecified atom stereocenters. The SMILES string of the molecule is O=S=C1c2cc(Br)ccc2-c2ccc(Br)cc21. The smallest absolute Gasteiger partial charge is 0.0978 e. The summed E-state index contributed by atoms with van der Waals surface area (Å²) in [5, 5.41) is 0. The lowest BCUT2D eigenvalue weighted by atomic mass is 10.1. The fourth-order valence-electron chi connectivity index (χ4n) is 2.11. The van der Waals surface area contributed by atoms with Gasteiger partial charge in [0.05, 0.1) is 16.1 Å². The van der Waals surface area contributed by atoms with Gasteiger partial charge in [0.1, 0.15) is 0 Å². The second-order valence-corrected chi connectivity index (χ2v) is 6.20. The highest BCUT2D eigenvalue weighted by Crippen LogP contribution is 2.38. The average molecular weight is 370 g/mol. The molecule has 0 N–H and O–H groups in total. The zero-order chi connectivity index (χ0) is 12.0. The van der Waals surface area contributed by atoms with Gasteiger partial charge in [-0.2, -0.15) is 0 Å². The fourth-order valence-corrected chi connectivity index (χ4v) is 3.35. The van der Waals surface area contributed by atoms with Crippen LogP contribution in [0.25, 0.3) is 11.1 Å². The summed E-state index contributed by atoms with van der Waals surface area (Å²) in [4.78, 5) is 0.803. The van der Waals surface area contributed by atoms with Gasteiger partial charge in [-0.25, -0.2) is 4.21 Å². The maximum Gasteiger partial charge on any atom is 0.0978 e. The number of halogens is 2. The summed E-state index contributed by atoms with van der Waals surface area (Å²) in [5.41, 5.74) is 4.31. The van der Waals surface area contributed by atoms with E-state index in [-0.39, 0.29) is 0 Å². The molecule has 0 amide bonds. The van der Waals surface area contributed by atoms with Gasteiger partial charge >= 0.3 is 0 Å².